The maximum atomic E-state index is 11.5. The van der Waals surface area contributed by atoms with E-state index in [0.717, 1.165) is 12.1 Å². The van der Waals surface area contributed by atoms with Gasteiger partial charge in [-0.3, -0.25) is 0 Å². The summed E-state index contributed by atoms with van der Waals surface area (Å²) in [5.74, 6) is -0.363. The average molecular weight is 290 g/mol. The van der Waals surface area contributed by atoms with E-state index in [4.69, 9.17) is 10.5 Å². The van der Waals surface area contributed by atoms with Crippen LogP contribution in [0.1, 0.15) is 27.0 Å². The van der Waals surface area contributed by atoms with Gasteiger partial charge in [-0.1, -0.05) is 6.92 Å². The zero-order chi connectivity index (χ0) is 14.5. The quantitative estimate of drug-likeness (QED) is 0.655. The molecule has 1 aromatic heterocycles. The third-order valence-corrected chi connectivity index (χ3v) is 4.22. The molecule has 0 atom stereocenters. The molecule has 0 unspecified atom stereocenters. The second-order valence-corrected chi connectivity index (χ2v) is 5.62. The highest BCUT2D eigenvalue weighted by Crippen LogP contribution is 2.23. The largest absolute Gasteiger partial charge is 0.465 e. The van der Waals surface area contributed by atoms with Crippen molar-refractivity contribution in [2.45, 2.75) is 19.9 Å². The second-order valence-electron chi connectivity index (χ2n) is 4.37. The predicted molar refractivity (Wildman–Crippen MR) is 83.2 cm³/mol. The molecule has 0 saturated heterocycles. The van der Waals surface area contributed by atoms with Gasteiger partial charge < -0.3 is 15.8 Å². The van der Waals surface area contributed by atoms with Crippen molar-refractivity contribution in [3.05, 3.63) is 45.6 Å². The van der Waals surface area contributed by atoms with Crippen molar-refractivity contribution in [2.75, 3.05) is 18.2 Å². The number of hydrogen-bond donors (Lipinski definition) is 2. The molecule has 0 bridgehead atoms. The van der Waals surface area contributed by atoms with Gasteiger partial charge in [0.25, 0.3) is 0 Å². The van der Waals surface area contributed by atoms with E-state index in [9.17, 15) is 4.79 Å². The molecule has 0 aliphatic rings. The van der Waals surface area contributed by atoms with Crippen LogP contribution in [0.4, 0.5) is 11.4 Å². The lowest BCUT2D eigenvalue weighted by molar-refractivity contribution is 0.0601. The number of esters is 1. The molecule has 0 amide bonds. The van der Waals surface area contributed by atoms with E-state index in [2.05, 4.69) is 24.4 Å². The summed E-state index contributed by atoms with van der Waals surface area (Å²) in [5.41, 5.74) is 7.77. The van der Waals surface area contributed by atoms with Gasteiger partial charge in [0.15, 0.2) is 0 Å². The summed E-state index contributed by atoms with van der Waals surface area (Å²) >= 11 is 1.78. The van der Waals surface area contributed by atoms with Crippen molar-refractivity contribution >= 4 is 28.7 Å². The fourth-order valence-corrected chi connectivity index (χ4v) is 2.74. The first-order chi connectivity index (χ1) is 9.63. The Morgan fingerprint density at radius 1 is 1.30 bits per heavy atom. The van der Waals surface area contributed by atoms with Crippen molar-refractivity contribution in [1.82, 2.24) is 0 Å². The minimum Gasteiger partial charge on any atom is -0.465 e. The number of benzene rings is 1. The topological polar surface area (TPSA) is 64.3 Å². The molecule has 0 radical (unpaired) electrons. The van der Waals surface area contributed by atoms with Gasteiger partial charge in [0.05, 0.1) is 24.0 Å². The molecular formula is C15H18N2O2S. The van der Waals surface area contributed by atoms with E-state index in [0.29, 0.717) is 17.8 Å². The van der Waals surface area contributed by atoms with Crippen LogP contribution in [-0.2, 0) is 17.7 Å². The number of ether oxygens (including phenoxy) is 1. The minimum atomic E-state index is -0.363. The van der Waals surface area contributed by atoms with Gasteiger partial charge in [0.2, 0.25) is 0 Å². The number of nitrogens with one attached hydrogen (secondary N) is 1. The Bertz CT molecular complexity index is 608. The predicted octanol–water partition coefficient (Wildman–Crippen LogP) is 3.29. The molecular weight excluding hydrogens is 272 g/mol. The molecule has 0 aliphatic heterocycles. The van der Waals surface area contributed by atoms with Gasteiger partial charge in [-0.05, 0) is 36.8 Å². The number of nitrogen functional groups attached to an aromatic ring is 1. The summed E-state index contributed by atoms with van der Waals surface area (Å²) in [6, 6.07) is 9.33. The maximum Gasteiger partial charge on any atom is 0.337 e. The van der Waals surface area contributed by atoms with Gasteiger partial charge in [0, 0.05) is 16.3 Å². The van der Waals surface area contributed by atoms with Crippen LogP contribution in [0.15, 0.2) is 30.3 Å². The number of anilines is 2. The summed E-state index contributed by atoms with van der Waals surface area (Å²) in [4.78, 5) is 14.1. The lowest BCUT2D eigenvalue weighted by Gasteiger charge is -2.10. The summed E-state index contributed by atoms with van der Waals surface area (Å²) in [6.45, 7) is 2.83. The SMILES string of the molecule is CCc1ccc(CNc2cc(C(=O)OC)ccc2N)s1. The molecule has 0 spiro atoms. The summed E-state index contributed by atoms with van der Waals surface area (Å²) in [5, 5.41) is 3.26. The van der Waals surface area contributed by atoms with Crippen LogP contribution in [0.5, 0.6) is 0 Å². The molecule has 2 aromatic rings. The molecule has 1 aromatic carbocycles. The summed E-state index contributed by atoms with van der Waals surface area (Å²) in [6.07, 6.45) is 1.05. The standard InChI is InChI=1S/C15H18N2O2S/c1-3-11-5-6-12(20-11)9-17-14-8-10(15(18)19-2)4-7-13(14)16/h4-8,17H,3,9,16H2,1-2H3. The lowest BCUT2D eigenvalue weighted by Crippen LogP contribution is -2.05. The summed E-state index contributed by atoms with van der Waals surface area (Å²) in [7, 11) is 1.36. The average Bonchev–Trinajstić information content (AvgIpc) is 2.93. The van der Waals surface area contributed by atoms with Crippen molar-refractivity contribution < 1.29 is 9.53 Å². The highest BCUT2D eigenvalue weighted by molar-refractivity contribution is 7.12. The number of rotatable bonds is 5. The highest BCUT2D eigenvalue weighted by Gasteiger charge is 2.08. The fraction of sp³-hybridized carbons (Fsp3) is 0.267. The molecule has 1 heterocycles. The normalized spacial score (nSPS) is 10.3. The van der Waals surface area contributed by atoms with Crippen LogP contribution < -0.4 is 11.1 Å². The highest BCUT2D eigenvalue weighted by atomic mass is 32.1. The Kier molecular flexibility index (Phi) is 4.63. The molecule has 0 aliphatic carbocycles. The number of aryl methyl sites for hydroxylation is 1. The van der Waals surface area contributed by atoms with E-state index in [1.54, 1.807) is 29.5 Å². The van der Waals surface area contributed by atoms with Crippen LogP contribution >= 0.6 is 11.3 Å². The third kappa shape index (κ3) is 3.30. The zero-order valence-corrected chi connectivity index (χ0v) is 12.4. The Hall–Kier alpha value is -2.01. The Morgan fingerprint density at radius 3 is 2.70 bits per heavy atom. The first-order valence-electron chi connectivity index (χ1n) is 6.43. The molecule has 4 nitrogen and oxygen atoms in total. The van der Waals surface area contributed by atoms with Gasteiger partial charge in [0.1, 0.15) is 0 Å². The zero-order valence-electron chi connectivity index (χ0n) is 11.6. The molecule has 0 saturated carbocycles. The number of hydrogen-bond acceptors (Lipinski definition) is 5. The van der Waals surface area contributed by atoms with Crippen molar-refractivity contribution in [3.63, 3.8) is 0 Å². The van der Waals surface area contributed by atoms with Gasteiger partial charge >= 0.3 is 5.97 Å². The van der Waals surface area contributed by atoms with E-state index in [1.165, 1.54) is 16.9 Å². The Morgan fingerprint density at radius 2 is 2.05 bits per heavy atom. The monoisotopic (exact) mass is 290 g/mol. The first-order valence-corrected chi connectivity index (χ1v) is 7.25. The van der Waals surface area contributed by atoms with Crippen LogP contribution in [0, 0.1) is 0 Å². The lowest BCUT2D eigenvalue weighted by atomic mass is 10.1. The number of nitrogens with two attached hydrogens (primary N) is 1. The van der Waals surface area contributed by atoms with Gasteiger partial charge in [-0.2, -0.15) is 0 Å². The van der Waals surface area contributed by atoms with Gasteiger partial charge in [-0.25, -0.2) is 4.79 Å². The van der Waals surface area contributed by atoms with E-state index in [1.807, 2.05) is 0 Å². The molecule has 0 fully saturated rings. The first kappa shape index (κ1) is 14.4. The second kappa shape index (κ2) is 6.43. The van der Waals surface area contributed by atoms with Crippen molar-refractivity contribution in [3.8, 4) is 0 Å². The minimum absolute atomic E-state index is 0.363. The molecule has 5 heteroatoms. The smallest absolute Gasteiger partial charge is 0.337 e. The van der Waals surface area contributed by atoms with Crippen LogP contribution in [0.2, 0.25) is 0 Å². The Labute approximate surface area is 122 Å². The van der Waals surface area contributed by atoms with Crippen LogP contribution in [0.3, 0.4) is 0 Å². The molecule has 2 rings (SSSR count). The van der Waals surface area contributed by atoms with E-state index < -0.39 is 0 Å². The number of methoxy groups -OCH3 is 1. The Balaban J connectivity index is 2.10. The van der Waals surface area contributed by atoms with Crippen molar-refractivity contribution in [2.24, 2.45) is 0 Å². The molecule has 20 heavy (non-hydrogen) atoms. The fourth-order valence-electron chi connectivity index (χ4n) is 1.84. The maximum absolute atomic E-state index is 11.5. The van der Waals surface area contributed by atoms with E-state index >= 15 is 0 Å². The summed E-state index contributed by atoms with van der Waals surface area (Å²) < 4.78 is 4.71. The van der Waals surface area contributed by atoms with E-state index in [-0.39, 0.29) is 5.97 Å². The van der Waals surface area contributed by atoms with Crippen LogP contribution in [0.25, 0.3) is 0 Å². The molecule has 106 valence electrons. The van der Waals surface area contributed by atoms with Crippen LogP contribution in [-0.4, -0.2) is 13.1 Å². The third-order valence-electron chi connectivity index (χ3n) is 2.99. The molecule has 3 N–H and O–H groups in total. The number of carbonyl (C=O) groups excluding carboxylic acids is 1. The number of thiophene rings is 1. The van der Waals surface area contributed by atoms with Gasteiger partial charge in [-0.15, -0.1) is 11.3 Å². The number of carbonyl (C=O) groups is 1. The van der Waals surface area contributed by atoms with Crippen molar-refractivity contribution in [1.29, 1.82) is 0 Å².